The summed E-state index contributed by atoms with van der Waals surface area (Å²) in [7, 11) is 0. The van der Waals surface area contributed by atoms with Crippen LogP contribution in [0.4, 0.5) is 0 Å². The number of amides is 1. The summed E-state index contributed by atoms with van der Waals surface area (Å²) in [6, 6.07) is 13.6. The molecule has 1 aliphatic rings. The van der Waals surface area contributed by atoms with E-state index in [2.05, 4.69) is 5.32 Å². The molecule has 1 saturated heterocycles. The van der Waals surface area contributed by atoms with Gasteiger partial charge in [-0.1, -0.05) is 36.4 Å². The Balaban J connectivity index is 1.66. The number of benzene rings is 2. The van der Waals surface area contributed by atoms with E-state index in [1.54, 1.807) is 6.08 Å². The van der Waals surface area contributed by atoms with Crippen molar-refractivity contribution < 1.29 is 30.0 Å². The molecular formula is C19H21NO6. The standard InChI is InChI=1S/C19H21NO6/c21-10-14-16(23)17(24)18(25)19(26-14)20-15(22)8-6-11-5-7-12-3-1-2-4-13(12)9-11/h1-9,14,16-19,21,23-25H,10H2,(H,20,22)/t14-,16-,17+,18-,19-/m1/s1. The minimum absolute atomic E-state index is 0.539. The molecule has 7 heteroatoms. The monoisotopic (exact) mass is 359 g/mol. The van der Waals surface area contributed by atoms with Gasteiger partial charge in [-0.25, -0.2) is 0 Å². The fourth-order valence-corrected chi connectivity index (χ4v) is 2.89. The van der Waals surface area contributed by atoms with Crippen molar-refractivity contribution in [2.75, 3.05) is 6.61 Å². The van der Waals surface area contributed by atoms with E-state index in [4.69, 9.17) is 9.84 Å². The number of nitrogens with one attached hydrogen (secondary N) is 1. The van der Waals surface area contributed by atoms with Crippen molar-refractivity contribution in [1.82, 2.24) is 5.32 Å². The Bertz CT molecular complexity index is 805. The van der Waals surface area contributed by atoms with E-state index in [0.717, 1.165) is 16.3 Å². The third-order valence-electron chi connectivity index (χ3n) is 4.38. The van der Waals surface area contributed by atoms with Crippen LogP contribution in [0.15, 0.2) is 48.5 Å². The van der Waals surface area contributed by atoms with Gasteiger partial charge in [0.25, 0.3) is 0 Å². The SMILES string of the molecule is O=C(C=Cc1ccc2ccccc2c1)N[C@@H]1O[C@H](CO)[C@@H](O)[C@H](O)[C@H]1O. The first-order chi connectivity index (χ1) is 12.5. The molecule has 0 aliphatic carbocycles. The van der Waals surface area contributed by atoms with Crippen molar-refractivity contribution >= 4 is 22.8 Å². The van der Waals surface area contributed by atoms with Gasteiger partial charge >= 0.3 is 0 Å². The molecule has 0 saturated carbocycles. The molecule has 7 nitrogen and oxygen atoms in total. The molecule has 1 aliphatic heterocycles. The van der Waals surface area contributed by atoms with E-state index in [-0.39, 0.29) is 0 Å². The highest BCUT2D eigenvalue weighted by molar-refractivity contribution is 5.93. The maximum atomic E-state index is 12.1. The lowest BCUT2D eigenvalue weighted by Gasteiger charge is -2.39. The third kappa shape index (κ3) is 3.92. The quantitative estimate of drug-likeness (QED) is 0.481. The van der Waals surface area contributed by atoms with E-state index < -0.39 is 43.2 Å². The Labute approximate surface area is 150 Å². The smallest absolute Gasteiger partial charge is 0.246 e. The number of carbonyl (C=O) groups is 1. The molecule has 138 valence electrons. The molecule has 3 rings (SSSR count). The fraction of sp³-hybridized carbons (Fsp3) is 0.316. The van der Waals surface area contributed by atoms with Crippen molar-refractivity contribution in [3.05, 3.63) is 54.1 Å². The van der Waals surface area contributed by atoms with Crippen LogP contribution in [0, 0.1) is 0 Å². The summed E-state index contributed by atoms with van der Waals surface area (Å²) in [5.41, 5.74) is 0.827. The highest BCUT2D eigenvalue weighted by Gasteiger charge is 2.43. The normalized spacial score (nSPS) is 29.2. The second kappa shape index (κ2) is 7.94. The topological polar surface area (TPSA) is 119 Å². The average Bonchev–Trinajstić information content (AvgIpc) is 2.66. The van der Waals surface area contributed by atoms with Crippen LogP contribution in [-0.2, 0) is 9.53 Å². The Morgan fingerprint density at radius 2 is 1.77 bits per heavy atom. The van der Waals surface area contributed by atoms with E-state index in [1.165, 1.54) is 6.08 Å². The first-order valence-corrected chi connectivity index (χ1v) is 8.27. The van der Waals surface area contributed by atoms with Crippen molar-refractivity contribution in [2.24, 2.45) is 0 Å². The van der Waals surface area contributed by atoms with Crippen LogP contribution >= 0.6 is 0 Å². The summed E-state index contributed by atoms with van der Waals surface area (Å²) in [6.45, 7) is -0.551. The van der Waals surface area contributed by atoms with Crippen molar-refractivity contribution in [3.8, 4) is 0 Å². The first kappa shape index (κ1) is 18.5. The van der Waals surface area contributed by atoms with Crippen LogP contribution in [0.3, 0.4) is 0 Å². The lowest BCUT2D eigenvalue weighted by molar-refractivity contribution is -0.235. The molecule has 2 aromatic carbocycles. The Kier molecular flexibility index (Phi) is 5.65. The summed E-state index contributed by atoms with van der Waals surface area (Å²) in [6.07, 6.45) is -3.91. The second-order valence-corrected chi connectivity index (χ2v) is 6.20. The number of rotatable bonds is 4. The van der Waals surface area contributed by atoms with E-state index in [1.807, 2.05) is 42.5 Å². The van der Waals surface area contributed by atoms with Gasteiger partial charge < -0.3 is 30.5 Å². The highest BCUT2D eigenvalue weighted by Crippen LogP contribution is 2.20. The number of fused-ring (bicyclic) bond motifs is 1. The molecule has 5 N–H and O–H groups in total. The number of hydrogen-bond donors (Lipinski definition) is 5. The Morgan fingerprint density at radius 1 is 1.04 bits per heavy atom. The Hall–Kier alpha value is -2.29. The third-order valence-corrected chi connectivity index (χ3v) is 4.38. The van der Waals surface area contributed by atoms with Gasteiger partial charge in [0.1, 0.15) is 24.4 Å². The molecule has 5 atom stereocenters. The van der Waals surface area contributed by atoms with E-state index in [9.17, 15) is 20.1 Å². The predicted octanol–water partition coefficient (Wildman–Crippen LogP) is -0.231. The van der Waals surface area contributed by atoms with Crippen LogP contribution in [0.2, 0.25) is 0 Å². The number of aliphatic hydroxyl groups is 4. The zero-order valence-corrected chi connectivity index (χ0v) is 13.9. The zero-order valence-electron chi connectivity index (χ0n) is 13.9. The molecule has 26 heavy (non-hydrogen) atoms. The van der Waals surface area contributed by atoms with Crippen LogP contribution in [-0.4, -0.2) is 63.6 Å². The molecule has 1 fully saturated rings. The van der Waals surface area contributed by atoms with Gasteiger partial charge in [0, 0.05) is 6.08 Å². The zero-order chi connectivity index (χ0) is 18.7. The van der Waals surface area contributed by atoms with Gasteiger partial charge in [0.15, 0.2) is 6.23 Å². The maximum absolute atomic E-state index is 12.1. The van der Waals surface area contributed by atoms with Crippen molar-refractivity contribution in [3.63, 3.8) is 0 Å². The minimum Gasteiger partial charge on any atom is -0.394 e. The molecule has 0 radical (unpaired) electrons. The lowest BCUT2D eigenvalue weighted by Crippen LogP contribution is -2.63. The van der Waals surface area contributed by atoms with Gasteiger partial charge in [-0.2, -0.15) is 0 Å². The van der Waals surface area contributed by atoms with Crippen LogP contribution in [0.1, 0.15) is 5.56 Å². The first-order valence-electron chi connectivity index (χ1n) is 8.27. The predicted molar refractivity (Wildman–Crippen MR) is 94.9 cm³/mol. The molecule has 0 spiro atoms. The molecule has 2 aromatic rings. The summed E-state index contributed by atoms with van der Waals surface area (Å²) in [5, 5.41) is 43.1. The number of hydrogen-bond acceptors (Lipinski definition) is 6. The summed E-state index contributed by atoms with van der Waals surface area (Å²) in [5.74, 6) is -0.539. The van der Waals surface area contributed by atoms with E-state index in [0.29, 0.717) is 0 Å². The fourth-order valence-electron chi connectivity index (χ4n) is 2.89. The minimum atomic E-state index is -1.53. The average molecular weight is 359 g/mol. The number of ether oxygens (including phenoxy) is 1. The lowest BCUT2D eigenvalue weighted by atomic mass is 9.98. The molecule has 0 aromatic heterocycles. The van der Waals surface area contributed by atoms with Crippen LogP contribution in [0.5, 0.6) is 0 Å². The van der Waals surface area contributed by atoms with Gasteiger partial charge in [-0.3, -0.25) is 4.79 Å². The molecule has 0 unspecified atom stereocenters. The van der Waals surface area contributed by atoms with Gasteiger partial charge in [0.2, 0.25) is 5.91 Å². The summed E-state index contributed by atoms with van der Waals surface area (Å²) >= 11 is 0. The number of aliphatic hydroxyl groups excluding tert-OH is 4. The van der Waals surface area contributed by atoms with Crippen LogP contribution < -0.4 is 5.32 Å². The second-order valence-electron chi connectivity index (χ2n) is 6.20. The molecule has 0 bridgehead atoms. The van der Waals surface area contributed by atoms with Crippen molar-refractivity contribution in [2.45, 2.75) is 30.6 Å². The molecule has 1 heterocycles. The van der Waals surface area contributed by atoms with Gasteiger partial charge in [-0.15, -0.1) is 0 Å². The molecule has 1 amide bonds. The largest absolute Gasteiger partial charge is 0.394 e. The van der Waals surface area contributed by atoms with Gasteiger partial charge in [0.05, 0.1) is 6.61 Å². The highest BCUT2D eigenvalue weighted by atomic mass is 16.6. The molecular weight excluding hydrogens is 338 g/mol. The van der Waals surface area contributed by atoms with Gasteiger partial charge in [-0.05, 0) is 28.5 Å². The maximum Gasteiger partial charge on any atom is 0.246 e. The van der Waals surface area contributed by atoms with Crippen molar-refractivity contribution in [1.29, 1.82) is 0 Å². The number of carbonyl (C=O) groups excluding carboxylic acids is 1. The summed E-state index contributed by atoms with van der Waals surface area (Å²) in [4.78, 5) is 12.1. The van der Waals surface area contributed by atoms with E-state index >= 15 is 0 Å². The summed E-state index contributed by atoms with van der Waals surface area (Å²) < 4.78 is 5.24. The Morgan fingerprint density at radius 3 is 2.50 bits per heavy atom. The van der Waals surface area contributed by atoms with Crippen LogP contribution in [0.25, 0.3) is 16.8 Å².